The number of carbonyl (C=O) groups excluding carboxylic acids is 1. The Morgan fingerprint density at radius 3 is 2.63 bits per heavy atom. The highest BCUT2D eigenvalue weighted by Crippen LogP contribution is 2.24. The van der Waals surface area contributed by atoms with E-state index in [1.807, 2.05) is 24.8 Å². The van der Waals surface area contributed by atoms with Crippen molar-refractivity contribution < 1.29 is 4.79 Å². The minimum absolute atomic E-state index is 0.218. The molecule has 0 bridgehead atoms. The number of amides is 1. The van der Waals surface area contributed by atoms with Crippen LogP contribution in [0.25, 0.3) is 0 Å². The van der Waals surface area contributed by atoms with Crippen LogP contribution in [0, 0.1) is 13.8 Å². The third-order valence-electron chi connectivity index (χ3n) is 3.11. The molecule has 0 unspecified atom stereocenters. The fourth-order valence-electron chi connectivity index (χ4n) is 2.19. The number of hydrogen-bond acceptors (Lipinski definition) is 4. The number of rotatable bonds is 7. The SMILES string of the molecule is CCCCN(CC(N)=O)c1cc(C)nc(C)c1CN. The van der Waals surface area contributed by atoms with Gasteiger partial charge in [0, 0.05) is 35.7 Å². The lowest BCUT2D eigenvalue weighted by molar-refractivity contribution is -0.116. The Morgan fingerprint density at radius 2 is 2.11 bits per heavy atom. The maximum absolute atomic E-state index is 11.2. The van der Waals surface area contributed by atoms with Crippen molar-refractivity contribution in [1.82, 2.24) is 4.98 Å². The average Bonchev–Trinajstić information content (AvgIpc) is 2.33. The zero-order valence-electron chi connectivity index (χ0n) is 12.1. The van der Waals surface area contributed by atoms with E-state index in [1.165, 1.54) is 0 Å². The molecule has 1 aromatic heterocycles. The number of unbranched alkanes of at least 4 members (excludes halogenated alkanes) is 1. The predicted molar refractivity (Wildman–Crippen MR) is 77.9 cm³/mol. The number of aryl methyl sites for hydroxylation is 2. The molecule has 0 aromatic carbocycles. The van der Waals surface area contributed by atoms with Crippen LogP contribution in [0.2, 0.25) is 0 Å². The average molecular weight is 264 g/mol. The first-order valence-electron chi connectivity index (χ1n) is 6.70. The molecular weight excluding hydrogens is 240 g/mol. The lowest BCUT2D eigenvalue weighted by Crippen LogP contribution is -2.35. The predicted octanol–water partition coefficient (Wildman–Crippen LogP) is 1.25. The van der Waals surface area contributed by atoms with E-state index in [0.29, 0.717) is 6.54 Å². The summed E-state index contributed by atoms with van der Waals surface area (Å²) in [6, 6.07) is 1.98. The molecule has 0 radical (unpaired) electrons. The van der Waals surface area contributed by atoms with Crippen LogP contribution >= 0.6 is 0 Å². The van der Waals surface area contributed by atoms with Crippen molar-refractivity contribution in [2.45, 2.75) is 40.2 Å². The molecule has 5 heteroatoms. The van der Waals surface area contributed by atoms with Crippen LogP contribution in [-0.4, -0.2) is 24.0 Å². The number of carbonyl (C=O) groups is 1. The summed E-state index contributed by atoms with van der Waals surface area (Å²) in [5.41, 5.74) is 15.0. The molecule has 4 N–H and O–H groups in total. The quantitative estimate of drug-likeness (QED) is 0.776. The van der Waals surface area contributed by atoms with Gasteiger partial charge in [-0.2, -0.15) is 0 Å². The van der Waals surface area contributed by atoms with Crippen LogP contribution in [0.4, 0.5) is 5.69 Å². The second kappa shape index (κ2) is 7.09. The third-order valence-corrected chi connectivity index (χ3v) is 3.11. The smallest absolute Gasteiger partial charge is 0.236 e. The van der Waals surface area contributed by atoms with Crippen LogP contribution < -0.4 is 16.4 Å². The van der Waals surface area contributed by atoms with E-state index in [0.717, 1.165) is 42.0 Å². The van der Waals surface area contributed by atoms with Gasteiger partial charge in [-0.05, 0) is 26.3 Å². The molecule has 19 heavy (non-hydrogen) atoms. The van der Waals surface area contributed by atoms with Gasteiger partial charge in [-0.3, -0.25) is 9.78 Å². The fourth-order valence-corrected chi connectivity index (χ4v) is 2.19. The molecule has 0 spiro atoms. The molecule has 0 atom stereocenters. The number of nitrogens with two attached hydrogens (primary N) is 2. The number of primary amides is 1. The van der Waals surface area contributed by atoms with E-state index in [1.54, 1.807) is 0 Å². The summed E-state index contributed by atoms with van der Waals surface area (Å²) in [5.74, 6) is -0.328. The molecule has 0 aliphatic rings. The molecule has 0 fully saturated rings. The van der Waals surface area contributed by atoms with Crippen molar-refractivity contribution in [2.24, 2.45) is 11.5 Å². The van der Waals surface area contributed by atoms with Crippen molar-refractivity contribution in [3.05, 3.63) is 23.0 Å². The molecule has 1 amide bonds. The standard InChI is InChI=1S/C14H24N4O/c1-4-5-6-18(9-14(16)19)13-7-10(2)17-11(3)12(13)8-15/h7H,4-6,8-9,15H2,1-3H3,(H2,16,19). The zero-order valence-corrected chi connectivity index (χ0v) is 12.1. The Kier molecular flexibility index (Phi) is 5.76. The van der Waals surface area contributed by atoms with E-state index in [2.05, 4.69) is 11.9 Å². The Hall–Kier alpha value is -1.62. The normalized spacial score (nSPS) is 10.5. The van der Waals surface area contributed by atoms with Gasteiger partial charge < -0.3 is 16.4 Å². The van der Waals surface area contributed by atoms with E-state index in [9.17, 15) is 4.79 Å². The summed E-state index contributed by atoms with van der Waals surface area (Å²) < 4.78 is 0. The van der Waals surface area contributed by atoms with E-state index in [-0.39, 0.29) is 12.5 Å². The van der Waals surface area contributed by atoms with Crippen molar-refractivity contribution in [2.75, 3.05) is 18.0 Å². The highest BCUT2D eigenvalue weighted by atomic mass is 16.1. The minimum atomic E-state index is -0.328. The Morgan fingerprint density at radius 1 is 1.42 bits per heavy atom. The molecule has 0 aliphatic carbocycles. The van der Waals surface area contributed by atoms with Gasteiger partial charge in [0.1, 0.15) is 0 Å². The zero-order chi connectivity index (χ0) is 14.4. The lowest BCUT2D eigenvalue weighted by Gasteiger charge is -2.26. The lowest BCUT2D eigenvalue weighted by atomic mass is 10.1. The number of hydrogen-bond donors (Lipinski definition) is 2. The largest absolute Gasteiger partial charge is 0.368 e. The molecule has 0 saturated carbocycles. The second-order valence-electron chi connectivity index (χ2n) is 4.79. The maximum Gasteiger partial charge on any atom is 0.236 e. The Bertz CT molecular complexity index is 445. The summed E-state index contributed by atoms with van der Waals surface area (Å²) in [4.78, 5) is 17.7. The highest BCUT2D eigenvalue weighted by Gasteiger charge is 2.15. The van der Waals surface area contributed by atoms with Crippen LogP contribution in [0.1, 0.15) is 36.7 Å². The van der Waals surface area contributed by atoms with Gasteiger partial charge in [0.05, 0.1) is 6.54 Å². The number of nitrogens with zero attached hydrogens (tertiary/aromatic N) is 2. The van der Waals surface area contributed by atoms with Crippen molar-refractivity contribution in [1.29, 1.82) is 0 Å². The third kappa shape index (κ3) is 4.21. The number of aromatic nitrogens is 1. The molecule has 1 rings (SSSR count). The maximum atomic E-state index is 11.2. The summed E-state index contributed by atoms with van der Waals surface area (Å²) in [5, 5.41) is 0. The van der Waals surface area contributed by atoms with Gasteiger partial charge in [0.2, 0.25) is 5.91 Å². The molecule has 0 saturated heterocycles. The first kappa shape index (κ1) is 15.4. The Labute approximate surface area is 115 Å². The van der Waals surface area contributed by atoms with Crippen molar-refractivity contribution in [3.63, 3.8) is 0 Å². The van der Waals surface area contributed by atoms with Crippen LogP contribution in [0.5, 0.6) is 0 Å². The van der Waals surface area contributed by atoms with Crippen molar-refractivity contribution >= 4 is 11.6 Å². The minimum Gasteiger partial charge on any atom is -0.368 e. The molecule has 106 valence electrons. The van der Waals surface area contributed by atoms with Gasteiger partial charge in [0.15, 0.2) is 0 Å². The van der Waals surface area contributed by atoms with Gasteiger partial charge >= 0.3 is 0 Å². The van der Waals surface area contributed by atoms with Gasteiger partial charge in [0.25, 0.3) is 0 Å². The number of pyridine rings is 1. The Balaban J connectivity index is 3.15. The summed E-state index contributed by atoms with van der Waals surface area (Å²) in [7, 11) is 0. The fraction of sp³-hybridized carbons (Fsp3) is 0.571. The van der Waals surface area contributed by atoms with E-state index < -0.39 is 0 Å². The van der Waals surface area contributed by atoms with Crippen molar-refractivity contribution in [3.8, 4) is 0 Å². The molecule has 5 nitrogen and oxygen atoms in total. The van der Waals surface area contributed by atoms with Gasteiger partial charge in [-0.25, -0.2) is 0 Å². The van der Waals surface area contributed by atoms with Gasteiger partial charge in [-0.1, -0.05) is 13.3 Å². The van der Waals surface area contributed by atoms with Gasteiger partial charge in [-0.15, -0.1) is 0 Å². The molecule has 1 aromatic rings. The summed E-state index contributed by atoms with van der Waals surface area (Å²) in [6.45, 7) is 7.44. The number of anilines is 1. The molecular formula is C14H24N4O. The molecule has 1 heterocycles. The molecule has 0 aliphatic heterocycles. The topological polar surface area (TPSA) is 85.2 Å². The second-order valence-corrected chi connectivity index (χ2v) is 4.79. The van der Waals surface area contributed by atoms with Crippen LogP contribution in [0.3, 0.4) is 0 Å². The van der Waals surface area contributed by atoms with E-state index >= 15 is 0 Å². The monoisotopic (exact) mass is 264 g/mol. The van der Waals surface area contributed by atoms with E-state index in [4.69, 9.17) is 11.5 Å². The van der Waals surface area contributed by atoms with Crippen LogP contribution in [0.15, 0.2) is 6.07 Å². The first-order chi connectivity index (χ1) is 8.99. The summed E-state index contributed by atoms with van der Waals surface area (Å²) in [6.07, 6.45) is 2.08. The highest BCUT2D eigenvalue weighted by molar-refractivity contribution is 5.80. The summed E-state index contributed by atoms with van der Waals surface area (Å²) >= 11 is 0. The van der Waals surface area contributed by atoms with Crippen LogP contribution in [-0.2, 0) is 11.3 Å². The first-order valence-corrected chi connectivity index (χ1v) is 6.70.